The summed E-state index contributed by atoms with van der Waals surface area (Å²) in [6.45, 7) is 3.11. The molecule has 0 spiro atoms. The van der Waals surface area contributed by atoms with E-state index in [0.29, 0.717) is 17.3 Å². The molecule has 1 atom stereocenters. The van der Waals surface area contributed by atoms with Crippen LogP contribution in [0.1, 0.15) is 5.56 Å². The fourth-order valence-electron chi connectivity index (χ4n) is 1.99. The Bertz CT molecular complexity index is 731. The van der Waals surface area contributed by atoms with Crippen LogP contribution in [0.5, 0.6) is 5.75 Å². The van der Waals surface area contributed by atoms with Crippen LogP contribution in [-0.2, 0) is 14.6 Å². The summed E-state index contributed by atoms with van der Waals surface area (Å²) in [4.78, 5) is 0.575. The molecule has 1 saturated heterocycles. The van der Waals surface area contributed by atoms with Crippen molar-refractivity contribution in [2.45, 2.75) is 22.8 Å². The van der Waals surface area contributed by atoms with Gasteiger partial charge in [-0.25, -0.2) is 8.42 Å². The maximum Gasteiger partial charge on any atom is 0.206 e. The van der Waals surface area contributed by atoms with Gasteiger partial charge < -0.3 is 9.47 Å². The first-order valence-corrected chi connectivity index (χ1v) is 8.20. The van der Waals surface area contributed by atoms with Crippen LogP contribution in [0.2, 0.25) is 0 Å². The van der Waals surface area contributed by atoms with Crippen LogP contribution in [0.25, 0.3) is 0 Å². The van der Waals surface area contributed by atoms with Crippen LogP contribution < -0.4 is 4.74 Å². The van der Waals surface area contributed by atoms with Crippen LogP contribution in [0.15, 0.2) is 58.3 Å². The molecule has 2 aromatic carbocycles. The summed E-state index contributed by atoms with van der Waals surface area (Å²) in [5.74, 6) is 0.647. The van der Waals surface area contributed by atoms with Crippen molar-refractivity contribution in [3.63, 3.8) is 0 Å². The fourth-order valence-corrected chi connectivity index (χ4v) is 3.35. The molecule has 0 saturated carbocycles. The smallest absolute Gasteiger partial charge is 0.206 e. The Balaban J connectivity index is 1.81. The summed E-state index contributed by atoms with van der Waals surface area (Å²) in [5, 5.41) is 0. The van der Waals surface area contributed by atoms with Crippen molar-refractivity contribution in [3.05, 3.63) is 54.1 Å². The molecule has 1 aliphatic rings. The lowest BCUT2D eigenvalue weighted by Crippen LogP contribution is -2.05. The average molecular weight is 304 g/mol. The molecule has 3 rings (SSSR count). The molecule has 1 heterocycles. The van der Waals surface area contributed by atoms with Gasteiger partial charge in [0.2, 0.25) is 9.84 Å². The zero-order valence-electron chi connectivity index (χ0n) is 11.7. The Morgan fingerprint density at radius 1 is 1.14 bits per heavy atom. The molecule has 0 aliphatic carbocycles. The minimum absolute atomic E-state index is 0.181. The molecule has 5 heteroatoms. The maximum absolute atomic E-state index is 12.5. The van der Waals surface area contributed by atoms with Gasteiger partial charge in [0.15, 0.2) is 0 Å². The van der Waals surface area contributed by atoms with E-state index < -0.39 is 9.84 Å². The standard InChI is InChI=1S/C16H16O4S/c1-12-3-2-4-16(9-12)21(17,18)15-7-5-13(6-8-15)19-10-14-11-20-14/h2-9,14H,10-11H2,1H3. The molecule has 4 nitrogen and oxygen atoms in total. The van der Waals surface area contributed by atoms with E-state index in [2.05, 4.69) is 0 Å². The van der Waals surface area contributed by atoms with Gasteiger partial charge in [-0.05, 0) is 48.9 Å². The number of aryl methyl sites for hydroxylation is 1. The first-order chi connectivity index (χ1) is 10.1. The van der Waals surface area contributed by atoms with Crippen molar-refractivity contribution >= 4 is 9.84 Å². The molecule has 110 valence electrons. The van der Waals surface area contributed by atoms with Crippen molar-refractivity contribution in [1.82, 2.24) is 0 Å². The predicted octanol–water partition coefficient (Wildman–Crippen LogP) is 2.61. The fraction of sp³-hybridized carbons (Fsp3) is 0.250. The number of hydrogen-bond donors (Lipinski definition) is 0. The number of epoxide rings is 1. The predicted molar refractivity (Wildman–Crippen MR) is 78.3 cm³/mol. The molecule has 1 unspecified atom stereocenters. The van der Waals surface area contributed by atoms with Gasteiger partial charge in [0.05, 0.1) is 16.4 Å². The van der Waals surface area contributed by atoms with Crippen molar-refractivity contribution in [2.24, 2.45) is 0 Å². The largest absolute Gasteiger partial charge is 0.491 e. The first-order valence-electron chi connectivity index (χ1n) is 6.72. The van der Waals surface area contributed by atoms with E-state index in [1.54, 1.807) is 42.5 Å². The van der Waals surface area contributed by atoms with E-state index in [9.17, 15) is 8.42 Å². The molecular weight excluding hydrogens is 288 g/mol. The lowest BCUT2D eigenvalue weighted by Gasteiger charge is -2.07. The summed E-state index contributed by atoms with van der Waals surface area (Å²) in [6, 6.07) is 13.4. The highest BCUT2D eigenvalue weighted by molar-refractivity contribution is 7.91. The number of hydrogen-bond acceptors (Lipinski definition) is 4. The molecule has 0 amide bonds. The highest BCUT2D eigenvalue weighted by Crippen LogP contribution is 2.24. The van der Waals surface area contributed by atoms with Crippen LogP contribution in [0.3, 0.4) is 0 Å². The van der Waals surface area contributed by atoms with Crippen molar-refractivity contribution in [2.75, 3.05) is 13.2 Å². The SMILES string of the molecule is Cc1cccc(S(=O)(=O)c2ccc(OCC3CO3)cc2)c1. The number of ether oxygens (including phenoxy) is 2. The Hall–Kier alpha value is -1.85. The number of rotatable bonds is 5. The summed E-state index contributed by atoms with van der Waals surface area (Å²) in [6.07, 6.45) is 0.181. The van der Waals surface area contributed by atoms with E-state index in [1.807, 2.05) is 13.0 Å². The molecule has 0 bridgehead atoms. The van der Waals surface area contributed by atoms with E-state index in [1.165, 1.54) is 0 Å². The normalized spacial score (nSPS) is 17.5. The van der Waals surface area contributed by atoms with Gasteiger partial charge in [0.25, 0.3) is 0 Å². The lowest BCUT2D eigenvalue weighted by atomic mass is 10.2. The third-order valence-electron chi connectivity index (χ3n) is 3.27. The van der Waals surface area contributed by atoms with Crippen LogP contribution in [-0.4, -0.2) is 27.7 Å². The van der Waals surface area contributed by atoms with Crippen LogP contribution in [0, 0.1) is 6.92 Å². The maximum atomic E-state index is 12.5. The second-order valence-corrected chi connectivity index (χ2v) is 7.01. The average Bonchev–Trinajstić information content (AvgIpc) is 3.30. The van der Waals surface area contributed by atoms with E-state index >= 15 is 0 Å². The summed E-state index contributed by atoms with van der Waals surface area (Å²) < 4.78 is 35.6. The van der Waals surface area contributed by atoms with Gasteiger partial charge in [-0.3, -0.25) is 0 Å². The Morgan fingerprint density at radius 2 is 1.86 bits per heavy atom. The quantitative estimate of drug-likeness (QED) is 0.797. The second kappa shape index (κ2) is 5.50. The minimum Gasteiger partial charge on any atom is -0.491 e. The first kappa shape index (κ1) is 14.1. The third kappa shape index (κ3) is 3.25. The second-order valence-electron chi connectivity index (χ2n) is 5.06. The highest BCUT2D eigenvalue weighted by Gasteiger charge is 2.23. The van der Waals surface area contributed by atoms with Gasteiger partial charge in [0, 0.05) is 0 Å². The lowest BCUT2D eigenvalue weighted by molar-refractivity contribution is 0.263. The molecule has 0 aromatic heterocycles. The monoisotopic (exact) mass is 304 g/mol. The van der Waals surface area contributed by atoms with Crippen molar-refractivity contribution in [1.29, 1.82) is 0 Å². The van der Waals surface area contributed by atoms with Gasteiger partial charge in [-0.2, -0.15) is 0 Å². The Labute approximate surface area is 124 Å². The van der Waals surface area contributed by atoms with Crippen LogP contribution in [0.4, 0.5) is 0 Å². The molecule has 0 radical (unpaired) electrons. The Morgan fingerprint density at radius 3 is 2.48 bits per heavy atom. The van der Waals surface area contributed by atoms with Crippen molar-refractivity contribution < 1.29 is 17.9 Å². The number of benzene rings is 2. The summed E-state index contributed by atoms with van der Waals surface area (Å²) in [7, 11) is -3.48. The summed E-state index contributed by atoms with van der Waals surface area (Å²) >= 11 is 0. The topological polar surface area (TPSA) is 55.9 Å². The number of sulfone groups is 1. The zero-order chi connectivity index (χ0) is 14.9. The van der Waals surface area contributed by atoms with Gasteiger partial charge in [-0.15, -0.1) is 0 Å². The third-order valence-corrected chi connectivity index (χ3v) is 5.04. The van der Waals surface area contributed by atoms with Gasteiger partial charge >= 0.3 is 0 Å². The highest BCUT2D eigenvalue weighted by atomic mass is 32.2. The molecule has 1 fully saturated rings. The van der Waals surface area contributed by atoms with E-state index in [0.717, 1.165) is 12.2 Å². The van der Waals surface area contributed by atoms with Crippen LogP contribution >= 0.6 is 0 Å². The molecule has 21 heavy (non-hydrogen) atoms. The van der Waals surface area contributed by atoms with Gasteiger partial charge in [0.1, 0.15) is 18.5 Å². The molecular formula is C16H16O4S. The summed E-state index contributed by atoms with van der Waals surface area (Å²) in [5.41, 5.74) is 0.917. The van der Waals surface area contributed by atoms with E-state index in [-0.39, 0.29) is 11.0 Å². The Kier molecular flexibility index (Phi) is 3.69. The molecule has 0 N–H and O–H groups in total. The van der Waals surface area contributed by atoms with E-state index in [4.69, 9.17) is 9.47 Å². The molecule has 1 aliphatic heterocycles. The molecule has 2 aromatic rings. The minimum atomic E-state index is -3.48. The van der Waals surface area contributed by atoms with Crippen molar-refractivity contribution in [3.8, 4) is 5.75 Å². The zero-order valence-corrected chi connectivity index (χ0v) is 12.5. The van der Waals surface area contributed by atoms with Gasteiger partial charge in [-0.1, -0.05) is 12.1 Å².